The number of benzene rings is 1. The van der Waals surface area contributed by atoms with E-state index in [1.807, 2.05) is 12.1 Å². The van der Waals surface area contributed by atoms with Gasteiger partial charge in [0, 0.05) is 6.54 Å². The summed E-state index contributed by atoms with van der Waals surface area (Å²) in [6.07, 6.45) is 1.69. The van der Waals surface area contributed by atoms with E-state index in [1.165, 1.54) is 7.05 Å². The van der Waals surface area contributed by atoms with Crippen LogP contribution in [0.2, 0.25) is 0 Å². The Morgan fingerprint density at radius 2 is 1.95 bits per heavy atom. The topological polar surface area (TPSA) is 96.6 Å². The molecular weight excluding hydrogens is 276 g/mol. The fourth-order valence-corrected chi connectivity index (χ4v) is 2.22. The number of sulfonamides is 1. The third-order valence-corrected chi connectivity index (χ3v) is 3.89. The maximum absolute atomic E-state index is 11.4. The summed E-state index contributed by atoms with van der Waals surface area (Å²) in [5, 5.41) is 2.87. The Kier molecular flexibility index (Phi) is 6.20. The van der Waals surface area contributed by atoms with Gasteiger partial charge in [0.15, 0.2) is 5.96 Å². The number of nitrogens with two attached hydrogens (primary N) is 1. The Labute approximate surface area is 119 Å². The van der Waals surface area contributed by atoms with Crippen molar-refractivity contribution in [3.8, 4) is 0 Å². The Balaban J connectivity index is 2.61. The molecule has 0 aliphatic rings. The molecule has 0 aromatic heterocycles. The molecule has 0 bridgehead atoms. The van der Waals surface area contributed by atoms with Gasteiger partial charge in [0.05, 0.1) is 12.3 Å². The molecule has 1 aromatic carbocycles. The number of aliphatic imine (C=N–C) groups is 1. The molecular formula is C13H20N4O2S. The van der Waals surface area contributed by atoms with E-state index in [1.54, 1.807) is 18.2 Å². The van der Waals surface area contributed by atoms with Gasteiger partial charge < -0.3 is 11.1 Å². The normalized spacial score (nSPS) is 12.2. The van der Waals surface area contributed by atoms with Gasteiger partial charge in [-0.25, -0.2) is 18.1 Å². The first kappa shape index (κ1) is 16.2. The fourth-order valence-electron chi connectivity index (χ4n) is 1.44. The summed E-state index contributed by atoms with van der Waals surface area (Å²) in [5.74, 6) is 0.322. The van der Waals surface area contributed by atoms with E-state index in [9.17, 15) is 8.42 Å². The summed E-state index contributed by atoms with van der Waals surface area (Å²) < 4.78 is 25.1. The first-order chi connectivity index (χ1) is 9.46. The average molecular weight is 296 g/mol. The van der Waals surface area contributed by atoms with E-state index in [-0.39, 0.29) is 5.75 Å². The highest BCUT2D eigenvalue weighted by molar-refractivity contribution is 7.88. The Hall–Kier alpha value is -1.86. The number of hydrogen-bond donors (Lipinski definition) is 3. The maximum Gasteiger partial charge on any atom is 0.215 e. The molecule has 0 saturated heterocycles. The molecule has 0 aliphatic heterocycles. The van der Waals surface area contributed by atoms with Gasteiger partial charge in [0.2, 0.25) is 10.0 Å². The van der Waals surface area contributed by atoms with Crippen LogP contribution in [0.25, 0.3) is 0 Å². The van der Waals surface area contributed by atoms with Crippen LogP contribution >= 0.6 is 0 Å². The number of rotatable bonds is 7. The largest absolute Gasteiger partial charge is 0.370 e. The van der Waals surface area contributed by atoms with Gasteiger partial charge >= 0.3 is 0 Å². The molecule has 1 aromatic rings. The SMILES string of the molecule is C=CCNC(N)=NCc1ccc(CS(=O)(=O)NC)cc1. The lowest BCUT2D eigenvalue weighted by molar-refractivity contribution is 0.587. The van der Waals surface area contributed by atoms with Crippen molar-refractivity contribution in [2.75, 3.05) is 13.6 Å². The summed E-state index contributed by atoms with van der Waals surface area (Å²) in [5.41, 5.74) is 7.33. The second-order valence-electron chi connectivity index (χ2n) is 4.15. The summed E-state index contributed by atoms with van der Waals surface area (Å²) in [7, 11) is -1.84. The molecule has 110 valence electrons. The number of nitrogens with zero attached hydrogens (tertiary/aromatic N) is 1. The zero-order valence-corrected chi connectivity index (χ0v) is 12.3. The van der Waals surface area contributed by atoms with Crippen LogP contribution in [0.15, 0.2) is 41.9 Å². The third kappa shape index (κ3) is 5.85. The molecule has 0 saturated carbocycles. The van der Waals surface area contributed by atoms with Crippen LogP contribution in [0, 0.1) is 0 Å². The van der Waals surface area contributed by atoms with Gasteiger partial charge in [0.1, 0.15) is 0 Å². The van der Waals surface area contributed by atoms with E-state index in [2.05, 4.69) is 21.6 Å². The van der Waals surface area contributed by atoms with Crippen LogP contribution in [0.4, 0.5) is 0 Å². The molecule has 6 nitrogen and oxygen atoms in total. The first-order valence-corrected chi connectivity index (χ1v) is 7.76. The lowest BCUT2D eigenvalue weighted by Gasteiger charge is -2.05. The van der Waals surface area contributed by atoms with Crippen molar-refractivity contribution in [1.29, 1.82) is 0 Å². The minimum Gasteiger partial charge on any atom is -0.370 e. The Bertz CT molecular complexity index is 565. The van der Waals surface area contributed by atoms with E-state index >= 15 is 0 Å². The molecule has 0 heterocycles. The van der Waals surface area contributed by atoms with Crippen LogP contribution in [0.5, 0.6) is 0 Å². The highest BCUT2D eigenvalue weighted by atomic mass is 32.2. The molecule has 4 N–H and O–H groups in total. The fraction of sp³-hybridized carbons (Fsp3) is 0.308. The van der Waals surface area contributed by atoms with Crippen LogP contribution in [-0.2, 0) is 22.3 Å². The minimum atomic E-state index is -3.24. The monoisotopic (exact) mass is 296 g/mol. The molecule has 0 fully saturated rings. The molecule has 7 heteroatoms. The zero-order chi connectivity index (χ0) is 15.0. The zero-order valence-electron chi connectivity index (χ0n) is 11.5. The van der Waals surface area contributed by atoms with E-state index in [0.29, 0.717) is 19.0 Å². The Morgan fingerprint density at radius 3 is 2.50 bits per heavy atom. The molecule has 0 amide bonds. The summed E-state index contributed by atoms with van der Waals surface area (Å²) >= 11 is 0. The van der Waals surface area contributed by atoms with Crippen molar-refractivity contribution < 1.29 is 8.42 Å². The quantitative estimate of drug-likeness (QED) is 0.384. The number of guanidine groups is 1. The van der Waals surface area contributed by atoms with E-state index < -0.39 is 10.0 Å². The van der Waals surface area contributed by atoms with Gasteiger partial charge in [-0.3, -0.25) is 0 Å². The predicted molar refractivity (Wildman–Crippen MR) is 81.7 cm³/mol. The second-order valence-corrected chi connectivity index (χ2v) is 6.08. The summed E-state index contributed by atoms with van der Waals surface area (Å²) in [4.78, 5) is 4.16. The summed E-state index contributed by atoms with van der Waals surface area (Å²) in [6, 6.07) is 7.22. The van der Waals surface area contributed by atoms with Crippen molar-refractivity contribution in [2.24, 2.45) is 10.7 Å². The molecule has 20 heavy (non-hydrogen) atoms. The van der Waals surface area contributed by atoms with Gasteiger partial charge in [-0.2, -0.15) is 0 Å². The lowest BCUT2D eigenvalue weighted by Crippen LogP contribution is -2.31. The van der Waals surface area contributed by atoms with Crippen molar-refractivity contribution in [3.05, 3.63) is 48.0 Å². The van der Waals surface area contributed by atoms with Crippen LogP contribution < -0.4 is 15.8 Å². The highest BCUT2D eigenvalue weighted by Crippen LogP contribution is 2.08. The lowest BCUT2D eigenvalue weighted by atomic mass is 10.1. The smallest absolute Gasteiger partial charge is 0.215 e. The highest BCUT2D eigenvalue weighted by Gasteiger charge is 2.07. The Morgan fingerprint density at radius 1 is 1.35 bits per heavy atom. The maximum atomic E-state index is 11.4. The molecule has 0 spiro atoms. The van der Waals surface area contributed by atoms with Gasteiger partial charge in [-0.15, -0.1) is 6.58 Å². The number of hydrogen-bond acceptors (Lipinski definition) is 3. The molecule has 0 aliphatic carbocycles. The van der Waals surface area contributed by atoms with Crippen LogP contribution in [-0.4, -0.2) is 28.0 Å². The van der Waals surface area contributed by atoms with Gasteiger partial charge in [0.25, 0.3) is 0 Å². The standard InChI is InChI=1S/C13H20N4O2S/c1-3-8-16-13(14)17-9-11-4-6-12(7-5-11)10-20(18,19)15-2/h3-7,15H,1,8-10H2,2H3,(H3,14,16,17). The summed E-state index contributed by atoms with van der Waals surface area (Å²) in [6.45, 7) is 4.57. The van der Waals surface area contributed by atoms with Crippen molar-refractivity contribution in [3.63, 3.8) is 0 Å². The first-order valence-electron chi connectivity index (χ1n) is 6.10. The molecule has 1 rings (SSSR count). The third-order valence-electron chi connectivity index (χ3n) is 2.55. The van der Waals surface area contributed by atoms with E-state index in [4.69, 9.17) is 5.73 Å². The average Bonchev–Trinajstić information content (AvgIpc) is 2.44. The van der Waals surface area contributed by atoms with Gasteiger partial charge in [-0.05, 0) is 18.2 Å². The van der Waals surface area contributed by atoms with E-state index in [0.717, 1.165) is 11.1 Å². The minimum absolute atomic E-state index is 0.0317. The number of nitrogens with one attached hydrogen (secondary N) is 2. The predicted octanol–water partition coefficient (Wildman–Crippen LogP) is 0.326. The van der Waals surface area contributed by atoms with Crippen LogP contribution in [0.1, 0.15) is 11.1 Å². The van der Waals surface area contributed by atoms with Crippen LogP contribution in [0.3, 0.4) is 0 Å². The molecule has 0 atom stereocenters. The molecule has 0 unspecified atom stereocenters. The van der Waals surface area contributed by atoms with Crippen molar-refractivity contribution in [1.82, 2.24) is 10.0 Å². The van der Waals surface area contributed by atoms with Crippen molar-refractivity contribution >= 4 is 16.0 Å². The molecule has 0 radical (unpaired) electrons. The van der Waals surface area contributed by atoms with Crippen molar-refractivity contribution in [2.45, 2.75) is 12.3 Å². The van der Waals surface area contributed by atoms with Gasteiger partial charge in [-0.1, -0.05) is 30.3 Å². The second kappa shape index (κ2) is 7.66.